The Hall–Kier alpha value is -2.11. The minimum atomic E-state index is -1.20. The summed E-state index contributed by atoms with van der Waals surface area (Å²) >= 11 is 0. The number of Topliss-reactive ketones (excluding diaryl/α,β-unsaturated/α-hetero) is 2. The van der Waals surface area contributed by atoms with E-state index in [1.165, 1.54) is 18.2 Å². The van der Waals surface area contributed by atoms with Crippen molar-refractivity contribution in [2.45, 2.75) is 40.7 Å². The SMILES string of the molecule is CC(C)(C)C(=O)c1ccc(CNCCC(C)(CF)C(=O)c2cccc(F)c2)cc1.Cl. The van der Waals surface area contributed by atoms with E-state index in [4.69, 9.17) is 0 Å². The van der Waals surface area contributed by atoms with Gasteiger partial charge in [-0.2, -0.15) is 0 Å². The highest BCUT2D eigenvalue weighted by atomic mass is 35.5. The molecule has 3 nitrogen and oxygen atoms in total. The lowest BCUT2D eigenvalue weighted by atomic mass is 9.80. The maximum Gasteiger partial charge on any atom is 0.171 e. The van der Waals surface area contributed by atoms with Crippen LogP contribution in [0.4, 0.5) is 8.78 Å². The molecule has 2 aromatic rings. The predicted molar refractivity (Wildman–Crippen MR) is 119 cm³/mol. The van der Waals surface area contributed by atoms with Gasteiger partial charge in [0, 0.05) is 23.1 Å². The molecule has 0 bridgehead atoms. The normalized spacial score (nSPS) is 13.3. The highest BCUT2D eigenvalue weighted by Gasteiger charge is 2.33. The molecule has 0 aliphatic rings. The van der Waals surface area contributed by atoms with E-state index >= 15 is 0 Å². The van der Waals surface area contributed by atoms with Crippen molar-refractivity contribution in [2.24, 2.45) is 10.8 Å². The van der Waals surface area contributed by atoms with Gasteiger partial charge in [-0.1, -0.05) is 57.2 Å². The molecule has 0 aliphatic carbocycles. The van der Waals surface area contributed by atoms with Crippen LogP contribution in [0.15, 0.2) is 48.5 Å². The molecule has 6 heteroatoms. The van der Waals surface area contributed by atoms with Crippen LogP contribution in [-0.4, -0.2) is 24.8 Å². The molecule has 0 saturated heterocycles. The summed E-state index contributed by atoms with van der Waals surface area (Å²) in [5.74, 6) is -0.818. The minimum absolute atomic E-state index is 0. The fourth-order valence-electron chi connectivity index (χ4n) is 3.02. The summed E-state index contributed by atoms with van der Waals surface area (Å²) in [5.41, 5.74) is 0.222. The van der Waals surface area contributed by atoms with Crippen molar-refractivity contribution in [1.82, 2.24) is 5.32 Å². The van der Waals surface area contributed by atoms with Crippen molar-refractivity contribution >= 4 is 24.0 Å². The van der Waals surface area contributed by atoms with Gasteiger partial charge >= 0.3 is 0 Å². The molecule has 0 heterocycles. The van der Waals surface area contributed by atoms with E-state index in [1.54, 1.807) is 6.92 Å². The van der Waals surface area contributed by atoms with Crippen molar-refractivity contribution in [3.05, 3.63) is 71.0 Å². The molecule has 0 saturated carbocycles. The lowest BCUT2D eigenvalue weighted by Gasteiger charge is -2.25. The van der Waals surface area contributed by atoms with Gasteiger partial charge in [0.1, 0.15) is 12.5 Å². The van der Waals surface area contributed by atoms with Crippen molar-refractivity contribution in [2.75, 3.05) is 13.2 Å². The Kier molecular flexibility index (Phi) is 9.32. The van der Waals surface area contributed by atoms with E-state index in [2.05, 4.69) is 5.32 Å². The zero-order valence-corrected chi connectivity index (χ0v) is 18.7. The Morgan fingerprint density at radius 3 is 2.10 bits per heavy atom. The highest BCUT2D eigenvalue weighted by Crippen LogP contribution is 2.27. The molecule has 1 unspecified atom stereocenters. The Balaban J connectivity index is 0.00000450. The summed E-state index contributed by atoms with van der Waals surface area (Å²) < 4.78 is 27.0. The van der Waals surface area contributed by atoms with E-state index in [9.17, 15) is 18.4 Å². The molecule has 30 heavy (non-hydrogen) atoms. The second kappa shape index (κ2) is 10.8. The number of ketones is 2. The molecular weight excluding hydrogens is 408 g/mol. The van der Waals surface area contributed by atoms with Crippen LogP contribution in [0.5, 0.6) is 0 Å². The van der Waals surface area contributed by atoms with Gasteiger partial charge in [-0.15, -0.1) is 12.4 Å². The first-order chi connectivity index (χ1) is 13.6. The molecule has 0 aromatic heterocycles. The smallest absolute Gasteiger partial charge is 0.171 e. The lowest BCUT2D eigenvalue weighted by molar-refractivity contribution is 0.0754. The zero-order valence-electron chi connectivity index (χ0n) is 17.9. The van der Waals surface area contributed by atoms with Crippen molar-refractivity contribution in [3.63, 3.8) is 0 Å². The van der Waals surface area contributed by atoms with Crippen LogP contribution >= 0.6 is 12.4 Å². The van der Waals surface area contributed by atoms with Crippen LogP contribution in [0, 0.1) is 16.6 Å². The van der Waals surface area contributed by atoms with Crippen LogP contribution in [0.2, 0.25) is 0 Å². The highest BCUT2D eigenvalue weighted by molar-refractivity contribution is 6.00. The van der Waals surface area contributed by atoms with Gasteiger partial charge in [0.2, 0.25) is 0 Å². The first-order valence-electron chi connectivity index (χ1n) is 9.77. The average molecular weight is 438 g/mol. The van der Waals surface area contributed by atoms with Crippen LogP contribution in [-0.2, 0) is 6.54 Å². The number of carbonyl (C=O) groups excluding carboxylic acids is 2. The fraction of sp³-hybridized carbons (Fsp3) is 0.417. The third-order valence-electron chi connectivity index (χ3n) is 5.01. The quantitative estimate of drug-likeness (QED) is 0.397. The molecule has 2 rings (SSSR count). The molecule has 1 N–H and O–H groups in total. The maximum atomic E-state index is 13.7. The third kappa shape index (κ3) is 6.71. The number of hydrogen-bond donors (Lipinski definition) is 1. The molecule has 0 spiro atoms. The molecule has 0 fully saturated rings. The van der Waals surface area contributed by atoms with Crippen molar-refractivity contribution < 1.29 is 18.4 Å². The first kappa shape index (κ1) is 25.9. The van der Waals surface area contributed by atoms with E-state index in [0.717, 1.165) is 11.6 Å². The molecule has 2 aromatic carbocycles. The van der Waals surface area contributed by atoms with Crippen LogP contribution < -0.4 is 5.32 Å². The van der Waals surface area contributed by atoms with Crippen LogP contribution in [0.3, 0.4) is 0 Å². The second-order valence-corrected chi connectivity index (χ2v) is 8.74. The van der Waals surface area contributed by atoms with Crippen LogP contribution in [0.25, 0.3) is 0 Å². The summed E-state index contributed by atoms with van der Waals surface area (Å²) in [6.45, 7) is 7.39. The van der Waals surface area contributed by atoms with E-state index in [0.29, 0.717) is 25.1 Å². The lowest BCUT2D eigenvalue weighted by Crippen LogP contribution is -2.34. The number of hydrogen-bond acceptors (Lipinski definition) is 3. The summed E-state index contributed by atoms with van der Waals surface area (Å²) in [6.07, 6.45) is 0.291. The fourth-order valence-corrected chi connectivity index (χ4v) is 3.02. The molecule has 0 radical (unpaired) electrons. The summed E-state index contributed by atoms with van der Waals surface area (Å²) in [7, 11) is 0. The second-order valence-electron chi connectivity index (χ2n) is 8.74. The number of rotatable bonds is 9. The van der Waals surface area contributed by atoms with E-state index in [-0.39, 0.29) is 23.8 Å². The van der Waals surface area contributed by atoms with Gasteiger partial charge in [0.05, 0.1) is 5.41 Å². The topological polar surface area (TPSA) is 46.2 Å². The minimum Gasteiger partial charge on any atom is -0.313 e. The zero-order chi connectivity index (χ0) is 21.7. The number of nitrogens with one attached hydrogen (secondary N) is 1. The van der Waals surface area contributed by atoms with Crippen molar-refractivity contribution in [1.29, 1.82) is 0 Å². The van der Waals surface area contributed by atoms with E-state index < -0.39 is 29.1 Å². The largest absolute Gasteiger partial charge is 0.313 e. The molecule has 0 amide bonds. The van der Waals surface area contributed by atoms with E-state index in [1.807, 2.05) is 45.0 Å². The number of benzene rings is 2. The van der Waals surface area contributed by atoms with Gasteiger partial charge in [0.15, 0.2) is 11.6 Å². The number of halogens is 3. The summed E-state index contributed by atoms with van der Waals surface area (Å²) in [5, 5.41) is 3.21. The summed E-state index contributed by atoms with van der Waals surface area (Å²) in [4.78, 5) is 24.9. The van der Waals surface area contributed by atoms with Gasteiger partial charge in [-0.25, -0.2) is 4.39 Å². The predicted octanol–water partition coefficient (Wildman–Crippen LogP) is 5.81. The van der Waals surface area contributed by atoms with Gasteiger partial charge < -0.3 is 5.32 Å². The van der Waals surface area contributed by atoms with Gasteiger partial charge in [-0.3, -0.25) is 14.0 Å². The Morgan fingerprint density at radius 2 is 1.57 bits per heavy atom. The molecular formula is C24H30ClF2NO2. The Bertz CT molecular complexity index is 862. The van der Waals surface area contributed by atoms with Gasteiger partial charge in [0.25, 0.3) is 0 Å². The first-order valence-corrected chi connectivity index (χ1v) is 9.77. The number of alkyl halides is 1. The third-order valence-corrected chi connectivity index (χ3v) is 5.01. The summed E-state index contributed by atoms with van der Waals surface area (Å²) in [6, 6.07) is 12.8. The van der Waals surface area contributed by atoms with Gasteiger partial charge in [-0.05, 0) is 37.6 Å². The molecule has 1 atom stereocenters. The number of carbonyl (C=O) groups is 2. The molecule has 0 aliphatic heterocycles. The van der Waals surface area contributed by atoms with Crippen molar-refractivity contribution in [3.8, 4) is 0 Å². The Morgan fingerprint density at radius 1 is 0.933 bits per heavy atom. The average Bonchev–Trinajstić information content (AvgIpc) is 2.69. The molecule has 164 valence electrons. The maximum absolute atomic E-state index is 13.7. The van der Waals surface area contributed by atoms with Crippen LogP contribution in [0.1, 0.15) is 60.4 Å². The standard InChI is InChI=1S/C24H29F2NO2.ClH/c1-23(2,3)21(28)18-10-8-17(9-11-18)15-27-13-12-24(4,16-25)22(29)19-6-5-7-20(26)14-19;/h5-11,14,27H,12-13,15-16H2,1-4H3;1H. The Labute approximate surface area is 183 Å². The monoisotopic (exact) mass is 437 g/mol.